The number of rotatable bonds is 2. The monoisotopic (exact) mass is 185 g/mol. The third-order valence-corrected chi connectivity index (χ3v) is 2.40. The SMILES string of the molecule is CNC(=O)NCC1CCCCCN1. The molecule has 13 heavy (non-hydrogen) atoms. The number of amides is 2. The molecule has 2 amide bonds. The molecule has 1 saturated heterocycles. The minimum atomic E-state index is -0.0916. The molecule has 0 bridgehead atoms. The van der Waals surface area contributed by atoms with E-state index in [1.807, 2.05) is 0 Å². The number of nitrogens with one attached hydrogen (secondary N) is 3. The van der Waals surface area contributed by atoms with E-state index in [1.165, 1.54) is 25.7 Å². The van der Waals surface area contributed by atoms with Crippen LogP contribution in [0.1, 0.15) is 25.7 Å². The van der Waals surface area contributed by atoms with Gasteiger partial charge in [-0.25, -0.2) is 4.79 Å². The van der Waals surface area contributed by atoms with E-state index >= 15 is 0 Å². The first-order valence-corrected chi connectivity index (χ1v) is 5.02. The summed E-state index contributed by atoms with van der Waals surface area (Å²) in [6.45, 7) is 1.82. The summed E-state index contributed by atoms with van der Waals surface area (Å²) >= 11 is 0. The highest BCUT2D eigenvalue weighted by Gasteiger charge is 2.11. The Morgan fingerprint density at radius 3 is 3.08 bits per heavy atom. The van der Waals surface area contributed by atoms with Gasteiger partial charge < -0.3 is 16.0 Å². The number of urea groups is 1. The Hall–Kier alpha value is -0.770. The van der Waals surface area contributed by atoms with Crippen molar-refractivity contribution in [1.29, 1.82) is 0 Å². The predicted octanol–water partition coefficient (Wildman–Crippen LogP) is 0.448. The van der Waals surface area contributed by atoms with Gasteiger partial charge in [0.05, 0.1) is 0 Å². The minimum absolute atomic E-state index is 0.0916. The lowest BCUT2D eigenvalue weighted by Crippen LogP contribution is -2.43. The van der Waals surface area contributed by atoms with Crippen LogP contribution in [0.25, 0.3) is 0 Å². The standard InChI is InChI=1S/C9H19N3O/c1-10-9(13)12-7-8-5-3-2-4-6-11-8/h8,11H,2-7H2,1H3,(H2,10,12,13). The first-order chi connectivity index (χ1) is 6.33. The van der Waals surface area contributed by atoms with Gasteiger partial charge in [0.25, 0.3) is 0 Å². The van der Waals surface area contributed by atoms with Crippen LogP contribution in [0.15, 0.2) is 0 Å². The Morgan fingerprint density at radius 1 is 1.46 bits per heavy atom. The molecule has 0 radical (unpaired) electrons. The maximum Gasteiger partial charge on any atom is 0.314 e. The molecule has 4 heteroatoms. The number of carbonyl (C=O) groups is 1. The van der Waals surface area contributed by atoms with Gasteiger partial charge >= 0.3 is 6.03 Å². The Bertz CT molecular complexity index is 153. The van der Waals surface area contributed by atoms with E-state index in [0.29, 0.717) is 6.04 Å². The first kappa shape index (κ1) is 10.3. The summed E-state index contributed by atoms with van der Waals surface area (Å²) in [5, 5.41) is 8.78. The number of hydrogen-bond acceptors (Lipinski definition) is 2. The zero-order valence-electron chi connectivity index (χ0n) is 8.23. The smallest absolute Gasteiger partial charge is 0.314 e. The van der Waals surface area contributed by atoms with Gasteiger partial charge in [0, 0.05) is 19.6 Å². The lowest BCUT2D eigenvalue weighted by Gasteiger charge is -2.15. The molecule has 76 valence electrons. The molecule has 0 aromatic carbocycles. The molecule has 1 rings (SSSR count). The fraction of sp³-hybridized carbons (Fsp3) is 0.889. The van der Waals surface area contributed by atoms with Gasteiger partial charge in [0.1, 0.15) is 0 Å². The van der Waals surface area contributed by atoms with E-state index < -0.39 is 0 Å². The molecule has 0 aliphatic carbocycles. The summed E-state index contributed by atoms with van der Waals surface area (Å²) in [6, 6.07) is 0.367. The second kappa shape index (κ2) is 5.80. The summed E-state index contributed by atoms with van der Waals surface area (Å²) in [7, 11) is 1.63. The van der Waals surface area contributed by atoms with Gasteiger partial charge in [0.2, 0.25) is 0 Å². The lowest BCUT2D eigenvalue weighted by atomic mass is 10.1. The average molecular weight is 185 g/mol. The number of hydrogen-bond donors (Lipinski definition) is 3. The molecule has 0 aromatic heterocycles. The zero-order valence-corrected chi connectivity index (χ0v) is 8.23. The van der Waals surface area contributed by atoms with Gasteiger partial charge in [-0.3, -0.25) is 0 Å². The third kappa shape index (κ3) is 4.12. The molecular weight excluding hydrogens is 166 g/mol. The lowest BCUT2D eigenvalue weighted by molar-refractivity contribution is 0.241. The molecule has 1 aliphatic heterocycles. The van der Waals surface area contributed by atoms with E-state index in [0.717, 1.165) is 13.1 Å². The highest BCUT2D eigenvalue weighted by molar-refractivity contribution is 5.73. The molecule has 1 aliphatic rings. The van der Waals surface area contributed by atoms with E-state index in [1.54, 1.807) is 7.05 Å². The quantitative estimate of drug-likeness (QED) is 0.585. The van der Waals surface area contributed by atoms with Crippen molar-refractivity contribution in [3.8, 4) is 0 Å². The summed E-state index contributed by atoms with van der Waals surface area (Å²) in [5.74, 6) is 0. The van der Waals surface area contributed by atoms with Crippen LogP contribution in [0.5, 0.6) is 0 Å². The van der Waals surface area contributed by atoms with Crippen molar-refractivity contribution in [2.75, 3.05) is 20.1 Å². The average Bonchev–Trinajstić information content (AvgIpc) is 2.42. The molecule has 1 fully saturated rings. The van der Waals surface area contributed by atoms with Crippen LogP contribution < -0.4 is 16.0 Å². The maximum absolute atomic E-state index is 10.9. The van der Waals surface area contributed by atoms with Crippen LogP contribution in [0.3, 0.4) is 0 Å². The Labute approximate surface area is 79.5 Å². The fourth-order valence-electron chi connectivity index (χ4n) is 1.58. The molecule has 1 unspecified atom stereocenters. The van der Waals surface area contributed by atoms with Crippen molar-refractivity contribution in [1.82, 2.24) is 16.0 Å². The predicted molar refractivity (Wildman–Crippen MR) is 52.7 cm³/mol. The van der Waals surface area contributed by atoms with Crippen LogP contribution in [-0.2, 0) is 0 Å². The molecule has 4 nitrogen and oxygen atoms in total. The molecule has 3 N–H and O–H groups in total. The van der Waals surface area contributed by atoms with Gasteiger partial charge in [-0.05, 0) is 19.4 Å². The fourth-order valence-corrected chi connectivity index (χ4v) is 1.58. The van der Waals surface area contributed by atoms with Gasteiger partial charge in [-0.2, -0.15) is 0 Å². The molecule has 0 spiro atoms. The Morgan fingerprint density at radius 2 is 2.31 bits per heavy atom. The molecule has 0 aromatic rings. The van der Waals surface area contributed by atoms with Gasteiger partial charge in [-0.15, -0.1) is 0 Å². The van der Waals surface area contributed by atoms with E-state index in [9.17, 15) is 4.79 Å². The van der Waals surface area contributed by atoms with Crippen molar-refractivity contribution in [3.05, 3.63) is 0 Å². The topological polar surface area (TPSA) is 53.2 Å². The van der Waals surface area contributed by atoms with Crippen LogP contribution in [0.2, 0.25) is 0 Å². The van der Waals surface area contributed by atoms with Crippen molar-refractivity contribution in [2.24, 2.45) is 0 Å². The summed E-state index contributed by atoms with van der Waals surface area (Å²) < 4.78 is 0. The van der Waals surface area contributed by atoms with Crippen molar-refractivity contribution >= 4 is 6.03 Å². The largest absolute Gasteiger partial charge is 0.341 e. The molecule has 1 atom stereocenters. The van der Waals surface area contributed by atoms with Crippen LogP contribution in [0.4, 0.5) is 4.79 Å². The number of carbonyl (C=O) groups excluding carboxylic acids is 1. The summed E-state index contributed by atoms with van der Waals surface area (Å²) in [5.41, 5.74) is 0. The van der Waals surface area contributed by atoms with Crippen LogP contribution >= 0.6 is 0 Å². The second-order valence-corrected chi connectivity index (χ2v) is 3.46. The third-order valence-electron chi connectivity index (χ3n) is 2.40. The molecular formula is C9H19N3O. The second-order valence-electron chi connectivity index (χ2n) is 3.46. The van der Waals surface area contributed by atoms with Crippen LogP contribution in [0, 0.1) is 0 Å². The zero-order chi connectivity index (χ0) is 9.52. The minimum Gasteiger partial charge on any atom is -0.341 e. The highest BCUT2D eigenvalue weighted by Crippen LogP contribution is 2.07. The van der Waals surface area contributed by atoms with Gasteiger partial charge in [-0.1, -0.05) is 12.8 Å². The van der Waals surface area contributed by atoms with Gasteiger partial charge in [0.15, 0.2) is 0 Å². The normalized spacial score (nSPS) is 23.3. The highest BCUT2D eigenvalue weighted by atomic mass is 16.2. The van der Waals surface area contributed by atoms with E-state index in [4.69, 9.17) is 0 Å². The summed E-state index contributed by atoms with van der Waals surface area (Å²) in [4.78, 5) is 10.9. The Kier molecular flexibility index (Phi) is 4.60. The van der Waals surface area contributed by atoms with Crippen molar-refractivity contribution < 1.29 is 4.79 Å². The first-order valence-electron chi connectivity index (χ1n) is 5.02. The molecule has 1 heterocycles. The van der Waals surface area contributed by atoms with Crippen molar-refractivity contribution in [3.63, 3.8) is 0 Å². The maximum atomic E-state index is 10.9. The summed E-state index contributed by atoms with van der Waals surface area (Å²) in [6.07, 6.45) is 5.01. The van der Waals surface area contributed by atoms with E-state index in [2.05, 4.69) is 16.0 Å². The Balaban J connectivity index is 2.15. The van der Waals surface area contributed by atoms with Crippen molar-refractivity contribution in [2.45, 2.75) is 31.7 Å². The molecule has 0 saturated carbocycles. The van der Waals surface area contributed by atoms with Crippen LogP contribution in [-0.4, -0.2) is 32.2 Å². The van der Waals surface area contributed by atoms with E-state index in [-0.39, 0.29) is 6.03 Å².